The first-order chi connectivity index (χ1) is 8.56. The smallest absolute Gasteiger partial charge is 0.123 e. The van der Waals surface area contributed by atoms with Gasteiger partial charge in [0.15, 0.2) is 0 Å². The number of piperidine rings is 1. The molecule has 1 aliphatic heterocycles. The summed E-state index contributed by atoms with van der Waals surface area (Å²) in [4.78, 5) is 2.52. The third-order valence-corrected chi connectivity index (χ3v) is 3.98. The van der Waals surface area contributed by atoms with Crippen LogP contribution < -0.4 is 5.73 Å². The van der Waals surface area contributed by atoms with Crippen LogP contribution in [0.15, 0.2) is 24.3 Å². The minimum Gasteiger partial charge on any atom is -0.328 e. The normalized spacial score (nSPS) is 27.1. The van der Waals surface area contributed by atoms with Crippen molar-refractivity contribution >= 4 is 0 Å². The zero-order valence-corrected chi connectivity index (χ0v) is 11.3. The fourth-order valence-electron chi connectivity index (χ4n) is 2.96. The summed E-state index contributed by atoms with van der Waals surface area (Å²) >= 11 is 0. The van der Waals surface area contributed by atoms with Gasteiger partial charge in [-0.2, -0.15) is 0 Å². The molecule has 1 aromatic rings. The first kappa shape index (κ1) is 13.5. The van der Waals surface area contributed by atoms with Gasteiger partial charge in [0.05, 0.1) is 0 Å². The Kier molecular flexibility index (Phi) is 4.36. The second-order valence-electron chi connectivity index (χ2n) is 5.55. The molecule has 2 rings (SSSR count). The number of halogens is 1. The topological polar surface area (TPSA) is 29.3 Å². The summed E-state index contributed by atoms with van der Waals surface area (Å²) in [6.07, 6.45) is 3.13. The van der Waals surface area contributed by atoms with Crippen LogP contribution in [0.4, 0.5) is 4.39 Å². The van der Waals surface area contributed by atoms with Gasteiger partial charge >= 0.3 is 0 Å². The van der Waals surface area contributed by atoms with Gasteiger partial charge in [0, 0.05) is 24.7 Å². The lowest BCUT2D eigenvalue weighted by atomic mass is 9.95. The molecule has 1 fully saturated rings. The van der Waals surface area contributed by atoms with E-state index < -0.39 is 0 Å². The molecule has 1 saturated heterocycles. The molecule has 1 aliphatic rings. The highest BCUT2D eigenvalue weighted by atomic mass is 19.1. The molecule has 0 aromatic heterocycles. The molecule has 100 valence electrons. The molecule has 1 heterocycles. The predicted molar refractivity (Wildman–Crippen MR) is 72.9 cm³/mol. The predicted octanol–water partition coefficient (Wildman–Crippen LogP) is 2.57. The highest BCUT2D eigenvalue weighted by Gasteiger charge is 2.26. The highest BCUT2D eigenvalue weighted by Crippen LogP contribution is 2.20. The molecular weight excluding hydrogens is 227 g/mol. The minimum atomic E-state index is -0.163. The van der Waals surface area contributed by atoms with Crippen LogP contribution in [0.5, 0.6) is 0 Å². The van der Waals surface area contributed by atoms with Crippen LogP contribution in [-0.2, 0) is 6.42 Å². The molecule has 3 unspecified atom stereocenters. The molecule has 18 heavy (non-hydrogen) atoms. The summed E-state index contributed by atoms with van der Waals surface area (Å²) < 4.78 is 12.9. The Bertz CT molecular complexity index is 377. The van der Waals surface area contributed by atoms with Gasteiger partial charge in [-0.25, -0.2) is 4.39 Å². The third-order valence-electron chi connectivity index (χ3n) is 3.98. The molecule has 0 saturated carbocycles. The van der Waals surface area contributed by atoms with E-state index in [1.807, 2.05) is 12.1 Å². The Balaban J connectivity index is 1.95. The second-order valence-corrected chi connectivity index (χ2v) is 5.55. The summed E-state index contributed by atoms with van der Waals surface area (Å²) in [7, 11) is 0. The number of benzene rings is 1. The van der Waals surface area contributed by atoms with Crippen molar-refractivity contribution in [2.24, 2.45) is 5.73 Å². The molecule has 3 heteroatoms. The van der Waals surface area contributed by atoms with Crippen LogP contribution in [0.25, 0.3) is 0 Å². The van der Waals surface area contributed by atoms with Crippen LogP contribution in [0, 0.1) is 5.82 Å². The van der Waals surface area contributed by atoms with E-state index in [4.69, 9.17) is 5.73 Å². The van der Waals surface area contributed by atoms with E-state index in [2.05, 4.69) is 18.7 Å². The van der Waals surface area contributed by atoms with Gasteiger partial charge in [-0.15, -0.1) is 0 Å². The zero-order valence-electron chi connectivity index (χ0n) is 11.3. The Morgan fingerprint density at radius 1 is 1.39 bits per heavy atom. The van der Waals surface area contributed by atoms with E-state index in [9.17, 15) is 4.39 Å². The quantitative estimate of drug-likeness (QED) is 0.893. The van der Waals surface area contributed by atoms with E-state index >= 15 is 0 Å². The van der Waals surface area contributed by atoms with E-state index in [-0.39, 0.29) is 5.82 Å². The molecule has 2 nitrogen and oxygen atoms in total. The Morgan fingerprint density at radius 3 is 2.67 bits per heavy atom. The highest BCUT2D eigenvalue weighted by molar-refractivity contribution is 5.17. The van der Waals surface area contributed by atoms with Crippen molar-refractivity contribution < 1.29 is 4.39 Å². The first-order valence-electron chi connectivity index (χ1n) is 6.82. The number of hydrogen-bond acceptors (Lipinski definition) is 2. The van der Waals surface area contributed by atoms with Crippen molar-refractivity contribution in [2.75, 3.05) is 6.54 Å². The maximum absolute atomic E-state index is 12.9. The maximum Gasteiger partial charge on any atom is 0.123 e. The van der Waals surface area contributed by atoms with E-state index in [0.29, 0.717) is 18.1 Å². The summed E-state index contributed by atoms with van der Waals surface area (Å²) in [6, 6.07) is 8.23. The molecular formula is C15H23FN2. The van der Waals surface area contributed by atoms with Crippen LogP contribution >= 0.6 is 0 Å². The van der Waals surface area contributed by atoms with Gasteiger partial charge in [0.1, 0.15) is 5.82 Å². The van der Waals surface area contributed by atoms with Gasteiger partial charge in [-0.1, -0.05) is 12.1 Å². The van der Waals surface area contributed by atoms with Crippen LogP contribution in [0.1, 0.15) is 32.3 Å². The van der Waals surface area contributed by atoms with Gasteiger partial charge in [-0.3, -0.25) is 4.90 Å². The molecule has 1 aromatic carbocycles. The molecule has 0 bridgehead atoms. The number of likely N-dealkylation sites (tertiary alicyclic amines) is 1. The molecule has 0 aliphatic carbocycles. The lowest BCUT2D eigenvalue weighted by Crippen LogP contribution is -2.49. The van der Waals surface area contributed by atoms with Crippen molar-refractivity contribution in [3.8, 4) is 0 Å². The SMILES string of the molecule is CC(Cc1ccc(F)cc1)N1CCC(N)CC1C. The third kappa shape index (κ3) is 3.30. The Hall–Kier alpha value is -0.930. The van der Waals surface area contributed by atoms with Crippen molar-refractivity contribution in [1.82, 2.24) is 4.90 Å². The molecule has 0 spiro atoms. The van der Waals surface area contributed by atoms with E-state index in [0.717, 1.165) is 25.8 Å². The van der Waals surface area contributed by atoms with Crippen LogP contribution in [-0.4, -0.2) is 29.6 Å². The zero-order chi connectivity index (χ0) is 13.1. The van der Waals surface area contributed by atoms with Gasteiger partial charge < -0.3 is 5.73 Å². The summed E-state index contributed by atoms with van der Waals surface area (Å²) in [5, 5.41) is 0. The summed E-state index contributed by atoms with van der Waals surface area (Å²) in [5.41, 5.74) is 7.19. The molecule has 0 radical (unpaired) electrons. The largest absolute Gasteiger partial charge is 0.328 e. The van der Waals surface area contributed by atoms with Crippen LogP contribution in [0.2, 0.25) is 0 Å². The molecule has 2 N–H and O–H groups in total. The van der Waals surface area contributed by atoms with Crippen molar-refractivity contribution in [3.63, 3.8) is 0 Å². The number of hydrogen-bond donors (Lipinski definition) is 1. The Morgan fingerprint density at radius 2 is 2.06 bits per heavy atom. The lowest BCUT2D eigenvalue weighted by Gasteiger charge is -2.40. The average molecular weight is 250 g/mol. The standard InChI is InChI=1S/C15H23FN2/c1-11(9-13-3-5-14(16)6-4-13)18-8-7-15(17)10-12(18)2/h3-6,11-12,15H,7-10,17H2,1-2H3. The fourth-order valence-corrected chi connectivity index (χ4v) is 2.96. The average Bonchev–Trinajstić information content (AvgIpc) is 2.32. The van der Waals surface area contributed by atoms with Crippen molar-refractivity contribution in [2.45, 2.75) is 51.2 Å². The van der Waals surface area contributed by atoms with Crippen molar-refractivity contribution in [1.29, 1.82) is 0 Å². The van der Waals surface area contributed by atoms with Crippen LogP contribution in [0.3, 0.4) is 0 Å². The van der Waals surface area contributed by atoms with Gasteiger partial charge in [0.25, 0.3) is 0 Å². The summed E-state index contributed by atoms with van der Waals surface area (Å²) in [6.45, 7) is 5.57. The lowest BCUT2D eigenvalue weighted by molar-refractivity contribution is 0.104. The maximum atomic E-state index is 12.9. The van der Waals surface area contributed by atoms with E-state index in [1.165, 1.54) is 17.7 Å². The van der Waals surface area contributed by atoms with E-state index in [1.54, 1.807) is 0 Å². The molecule has 0 amide bonds. The van der Waals surface area contributed by atoms with Gasteiger partial charge in [-0.05, 0) is 50.8 Å². The molecule has 3 atom stereocenters. The fraction of sp³-hybridized carbons (Fsp3) is 0.600. The second kappa shape index (κ2) is 5.81. The van der Waals surface area contributed by atoms with Crippen molar-refractivity contribution in [3.05, 3.63) is 35.6 Å². The summed E-state index contributed by atoms with van der Waals surface area (Å²) in [5.74, 6) is -0.163. The monoisotopic (exact) mass is 250 g/mol. The van der Waals surface area contributed by atoms with Gasteiger partial charge in [0.2, 0.25) is 0 Å². The number of rotatable bonds is 3. The minimum absolute atomic E-state index is 0.163. The number of nitrogens with two attached hydrogens (primary N) is 1. The number of nitrogens with zero attached hydrogens (tertiary/aromatic N) is 1. The Labute approximate surface area is 109 Å². The first-order valence-corrected chi connectivity index (χ1v) is 6.82.